The molecular weight excluding hydrogens is 230 g/mol. The minimum atomic E-state index is -0.398. The lowest BCUT2D eigenvalue weighted by atomic mass is 10.2. The van der Waals surface area contributed by atoms with E-state index in [1.807, 2.05) is 31.2 Å². The molecule has 1 atom stereocenters. The zero-order valence-corrected chi connectivity index (χ0v) is 11.2. The quantitative estimate of drug-likeness (QED) is 0.656. The van der Waals surface area contributed by atoms with Gasteiger partial charge in [0, 0.05) is 19.2 Å². The van der Waals surface area contributed by atoms with Crippen LogP contribution in [0.25, 0.3) is 0 Å². The summed E-state index contributed by atoms with van der Waals surface area (Å²) in [6.45, 7) is 4.53. The number of ether oxygens (including phenoxy) is 2. The van der Waals surface area contributed by atoms with Gasteiger partial charge < -0.3 is 19.9 Å². The maximum absolute atomic E-state index is 9.50. The third-order valence-electron chi connectivity index (χ3n) is 2.60. The monoisotopic (exact) mass is 253 g/mol. The van der Waals surface area contributed by atoms with Crippen LogP contribution in [0.5, 0.6) is 5.75 Å². The summed E-state index contributed by atoms with van der Waals surface area (Å²) in [5.74, 6) is 0.921. The minimum absolute atomic E-state index is 0.386. The fourth-order valence-electron chi connectivity index (χ4n) is 1.71. The van der Waals surface area contributed by atoms with Crippen molar-refractivity contribution in [2.75, 3.05) is 26.9 Å². The predicted molar refractivity (Wildman–Crippen MR) is 71.8 cm³/mol. The highest BCUT2D eigenvalue weighted by molar-refractivity contribution is 5.33. The highest BCUT2D eigenvalue weighted by atomic mass is 16.5. The van der Waals surface area contributed by atoms with E-state index < -0.39 is 6.10 Å². The van der Waals surface area contributed by atoms with Crippen LogP contribution in [0, 0.1) is 0 Å². The molecule has 0 aliphatic carbocycles. The van der Waals surface area contributed by atoms with Crippen molar-refractivity contribution in [2.45, 2.75) is 26.0 Å². The molecule has 0 aliphatic heterocycles. The van der Waals surface area contributed by atoms with Gasteiger partial charge in [-0.1, -0.05) is 18.2 Å². The van der Waals surface area contributed by atoms with Crippen LogP contribution < -0.4 is 10.1 Å². The van der Waals surface area contributed by atoms with Crippen molar-refractivity contribution in [3.05, 3.63) is 29.8 Å². The number of methoxy groups -OCH3 is 1. The molecular formula is C14H23NO3. The molecule has 0 bridgehead atoms. The van der Waals surface area contributed by atoms with E-state index in [-0.39, 0.29) is 0 Å². The SMILES string of the molecule is CCOc1ccccc1CNCCC(O)COC. The molecule has 0 radical (unpaired) electrons. The molecule has 2 N–H and O–H groups in total. The normalized spacial score (nSPS) is 12.4. The van der Waals surface area contributed by atoms with Gasteiger partial charge in [0.15, 0.2) is 0 Å². The van der Waals surface area contributed by atoms with Crippen LogP contribution in [0.15, 0.2) is 24.3 Å². The first-order chi connectivity index (χ1) is 8.77. The Bertz CT molecular complexity index is 331. The highest BCUT2D eigenvalue weighted by Gasteiger charge is 2.04. The summed E-state index contributed by atoms with van der Waals surface area (Å²) in [4.78, 5) is 0. The second-order valence-corrected chi connectivity index (χ2v) is 4.12. The van der Waals surface area contributed by atoms with Crippen molar-refractivity contribution in [3.8, 4) is 5.75 Å². The lowest BCUT2D eigenvalue weighted by Gasteiger charge is -2.12. The Hall–Kier alpha value is -1.10. The molecule has 1 rings (SSSR count). The topological polar surface area (TPSA) is 50.7 Å². The number of hydrogen-bond acceptors (Lipinski definition) is 4. The van der Waals surface area contributed by atoms with Crippen LogP contribution in [0.1, 0.15) is 18.9 Å². The third kappa shape index (κ3) is 5.49. The van der Waals surface area contributed by atoms with Crippen LogP contribution >= 0.6 is 0 Å². The van der Waals surface area contributed by atoms with Gasteiger partial charge in [0.05, 0.1) is 19.3 Å². The van der Waals surface area contributed by atoms with Gasteiger partial charge in [-0.2, -0.15) is 0 Å². The molecule has 0 saturated carbocycles. The Balaban J connectivity index is 2.30. The van der Waals surface area contributed by atoms with Gasteiger partial charge in [-0.15, -0.1) is 0 Å². The number of hydrogen-bond donors (Lipinski definition) is 2. The van der Waals surface area contributed by atoms with Gasteiger partial charge >= 0.3 is 0 Å². The average Bonchev–Trinajstić information content (AvgIpc) is 2.37. The molecule has 18 heavy (non-hydrogen) atoms. The number of nitrogens with one attached hydrogen (secondary N) is 1. The highest BCUT2D eigenvalue weighted by Crippen LogP contribution is 2.17. The maximum atomic E-state index is 9.50. The summed E-state index contributed by atoms with van der Waals surface area (Å²) < 4.78 is 10.4. The van der Waals surface area contributed by atoms with E-state index in [2.05, 4.69) is 5.32 Å². The second-order valence-electron chi connectivity index (χ2n) is 4.12. The van der Waals surface area contributed by atoms with E-state index in [0.29, 0.717) is 19.6 Å². The molecule has 0 aromatic heterocycles. The summed E-state index contributed by atoms with van der Waals surface area (Å²) >= 11 is 0. The molecule has 0 aliphatic rings. The van der Waals surface area contributed by atoms with E-state index in [1.165, 1.54) is 0 Å². The lowest BCUT2D eigenvalue weighted by molar-refractivity contribution is 0.0594. The summed E-state index contributed by atoms with van der Waals surface area (Å²) in [6.07, 6.45) is 0.287. The first-order valence-corrected chi connectivity index (χ1v) is 6.36. The van der Waals surface area contributed by atoms with Gasteiger partial charge in [0.2, 0.25) is 0 Å². The molecule has 1 aromatic carbocycles. The molecule has 4 nitrogen and oxygen atoms in total. The molecule has 102 valence electrons. The van der Waals surface area contributed by atoms with Crippen LogP contribution in [0.2, 0.25) is 0 Å². The number of rotatable bonds is 9. The first-order valence-electron chi connectivity index (χ1n) is 6.36. The van der Waals surface area contributed by atoms with E-state index in [4.69, 9.17) is 9.47 Å². The summed E-state index contributed by atoms with van der Waals surface area (Å²) in [6, 6.07) is 7.99. The van der Waals surface area contributed by atoms with Crippen molar-refractivity contribution < 1.29 is 14.6 Å². The fourth-order valence-corrected chi connectivity index (χ4v) is 1.71. The van der Waals surface area contributed by atoms with Crippen LogP contribution in [0.4, 0.5) is 0 Å². The van der Waals surface area contributed by atoms with E-state index in [1.54, 1.807) is 7.11 Å². The Morgan fingerprint density at radius 1 is 1.33 bits per heavy atom. The van der Waals surface area contributed by atoms with Gasteiger partial charge in [0.25, 0.3) is 0 Å². The summed E-state index contributed by atoms with van der Waals surface area (Å²) in [7, 11) is 1.59. The molecule has 0 fully saturated rings. The standard InChI is InChI=1S/C14H23NO3/c1-3-18-14-7-5-4-6-12(14)10-15-9-8-13(16)11-17-2/h4-7,13,15-16H,3,8-11H2,1-2H3. The maximum Gasteiger partial charge on any atom is 0.123 e. The molecule has 0 heterocycles. The molecule has 0 spiro atoms. The van der Waals surface area contributed by atoms with Crippen molar-refractivity contribution in [1.29, 1.82) is 0 Å². The Morgan fingerprint density at radius 2 is 2.11 bits per heavy atom. The molecule has 1 unspecified atom stereocenters. The minimum Gasteiger partial charge on any atom is -0.494 e. The third-order valence-corrected chi connectivity index (χ3v) is 2.60. The number of aliphatic hydroxyl groups is 1. The second kappa shape index (κ2) is 8.91. The van der Waals surface area contributed by atoms with Crippen molar-refractivity contribution >= 4 is 0 Å². The Labute approximate surface area is 109 Å². The largest absolute Gasteiger partial charge is 0.494 e. The molecule has 0 saturated heterocycles. The number of para-hydroxylation sites is 1. The summed E-state index contributed by atoms with van der Waals surface area (Å²) in [5, 5.41) is 12.8. The fraction of sp³-hybridized carbons (Fsp3) is 0.571. The zero-order chi connectivity index (χ0) is 13.2. The zero-order valence-electron chi connectivity index (χ0n) is 11.2. The van der Waals surface area contributed by atoms with Crippen molar-refractivity contribution in [2.24, 2.45) is 0 Å². The van der Waals surface area contributed by atoms with E-state index in [0.717, 1.165) is 24.4 Å². The molecule has 4 heteroatoms. The molecule has 1 aromatic rings. The van der Waals surface area contributed by atoms with Gasteiger partial charge in [0.1, 0.15) is 5.75 Å². The molecule has 0 amide bonds. The predicted octanol–water partition coefficient (Wildman–Crippen LogP) is 1.57. The van der Waals surface area contributed by atoms with Crippen LogP contribution in [-0.2, 0) is 11.3 Å². The number of benzene rings is 1. The van der Waals surface area contributed by atoms with Crippen LogP contribution in [0.3, 0.4) is 0 Å². The van der Waals surface area contributed by atoms with E-state index in [9.17, 15) is 5.11 Å². The van der Waals surface area contributed by atoms with Gasteiger partial charge in [-0.3, -0.25) is 0 Å². The Kier molecular flexibility index (Phi) is 7.41. The smallest absolute Gasteiger partial charge is 0.123 e. The van der Waals surface area contributed by atoms with Crippen molar-refractivity contribution in [1.82, 2.24) is 5.32 Å². The van der Waals surface area contributed by atoms with E-state index >= 15 is 0 Å². The first kappa shape index (κ1) is 15.0. The number of aliphatic hydroxyl groups excluding tert-OH is 1. The summed E-state index contributed by atoms with van der Waals surface area (Å²) in [5.41, 5.74) is 1.14. The lowest BCUT2D eigenvalue weighted by Crippen LogP contribution is -2.23. The van der Waals surface area contributed by atoms with Gasteiger partial charge in [-0.05, 0) is 26.0 Å². The van der Waals surface area contributed by atoms with Gasteiger partial charge in [-0.25, -0.2) is 0 Å². The van der Waals surface area contributed by atoms with Crippen LogP contribution in [-0.4, -0.2) is 38.1 Å². The van der Waals surface area contributed by atoms with Crippen molar-refractivity contribution in [3.63, 3.8) is 0 Å². The average molecular weight is 253 g/mol. The Morgan fingerprint density at radius 3 is 2.83 bits per heavy atom.